The average Bonchev–Trinajstić information content (AvgIpc) is 3.05. The molecule has 2 aliphatic rings. The predicted octanol–water partition coefficient (Wildman–Crippen LogP) is -0.419. The van der Waals surface area contributed by atoms with Crippen molar-refractivity contribution in [1.82, 2.24) is 19.5 Å². The van der Waals surface area contributed by atoms with E-state index in [-0.39, 0.29) is 24.1 Å². The number of nitrogens with two attached hydrogens (primary N) is 1. The fourth-order valence-electron chi connectivity index (χ4n) is 3.10. The summed E-state index contributed by atoms with van der Waals surface area (Å²) in [6.07, 6.45) is -1.43. The number of hydrogen-bond donors (Lipinski definition) is 3. The number of anilines is 1. The van der Waals surface area contributed by atoms with E-state index < -0.39 is 31.9 Å². The van der Waals surface area contributed by atoms with Crippen LogP contribution < -0.4 is 10.5 Å². The molecular formula is C12H16N5O7P. The Morgan fingerprint density at radius 3 is 3.00 bits per heavy atom. The number of nitrogens with zero attached hydrogens (tertiary/aromatic N) is 4. The topological polar surface area (TPSA) is 164 Å². The number of phosphoric ester groups is 1. The molecule has 5 atom stereocenters. The molecule has 13 heteroatoms. The van der Waals surface area contributed by atoms with Gasteiger partial charge in [-0.2, -0.15) is 9.97 Å². The Morgan fingerprint density at radius 1 is 1.52 bits per heavy atom. The molecule has 0 radical (unpaired) electrons. The molecule has 136 valence electrons. The summed E-state index contributed by atoms with van der Waals surface area (Å²) in [5, 5.41) is 10.9. The van der Waals surface area contributed by atoms with E-state index in [1.165, 1.54) is 24.9 Å². The van der Waals surface area contributed by atoms with Crippen molar-refractivity contribution >= 4 is 24.9 Å². The van der Waals surface area contributed by atoms with Crippen LogP contribution in [0.3, 0.4) is 0 Å². The number of aromatic nitrogens is 4. The first-order chi connectivity index (χ1) is 11.7. The van der Waals surface area contributed by atoms with Crippen molar-refractivity contribution in [1.29, 1.82) is 0 Å². The van der Waals surface area contributed by atoms with Crippen LogP contribution in [-0.4, -0.2) is 61.0 Å². The monoisotopic (exact) mass is 373 g/mol. The molecule has 0 amide bonds. The van der Waals surface area contributed by atoms with Crippen LogP contribution in [0.15, 0.2) is 6.33 Å². The van der Waals surface area contributed by atoms with Gasteiger partial charge >= 0.3 is 7.82 Å². The molecule has 2 fully saturated rings. The van der Waals surface area contributed by atoms with Crippen molar-refractivity contribution in [3.8, 4) is 5.88 Å². The first kappa shape index (κ1) is 16.6. The standard InChI is InChI=1S/C12H16N5O7P/c1-12(18)7-5(3-22-25(19,20)24-7)23-10(12)17-4-14-6-8(17)15-11(13)16-9(6)21-2/h4-5,7,10,18H,3H2,1-2H3,(H,19,20)(H2,13,15,16). The molecule has 5 unspecified atom stereocenters. The van der Waals surface area contributed by atoms with Crippen molar-refractivity contribution in [2.24, 2.45) is 0 Å². The van der Waals surface area contributed by atoms with Crippen LogP contribution in [0.5, 0.6) is 5.88 Å². The van der Waals surface area contributed by atoms with Crippen molar-refractivity contribution in [3.05, 3.63) is 6.33 Å². The second-order valence-electron chi connectivity index (χ2n) is 5.96. The van der Waals surface area contributed by atoms with E-state index in [1.807, 2.05) is 0 Å². The minimum atomic E-state index is -4.24. The Morgan fingerprint density at radius 2 is 2.28 bits per heavy atom. The number of methoxy groups -OCH3 is 1. The second-order valence-corrected chi connectivity index (χ2v) is 7.36. The van der Waals surface area contributed by atoms with E-state index in [9.17, 15) is 14.6 Å². The van der Waals surface area contributed by atoms with Crippen LogP contribution in [0.25, 0.3) is 11.2 Å². The molecule has 4 heterocycles. The minimum Gasteiger partial charge on any atom is -0.479 e. The zero-order valence-corrected chi connectivity index (χ0v) is 14.2. The zero-order chi connectivity index (χ0) is 18.0. The summed E-state index contributed by atoms with van der Waals surface area (Å²) in [6.45, 7) is 1.24. The average molecular weight is 373 g/mol. The predicted molar refractivity (Wildman–Crippen MR) is 81.5 cm³/mol. The third-order valence-electron chi connectivity index (χ3n) is 4.22. The third kappa shape index (κ3) is 2.49. The van der Waals surface area contributed by atoms with Gasteiger partial charge in [0.2, 0.25) is 11.8 Å². The SMILES string of the molecule is COc1nc(N)nc2c1ncn2C1OC2COP(=O)(O)OC2C1(C)O. The second kappa shape index (κ2) is 5.34. The van der Waals surface area contributed by atoms with E-state index in [0.717, 1.165) is 0 Å². The fourth-order valence-corrected chi connectivity index (χ4v) is 4.13. The van der Waals surface area contributed by atoms with E-state index in [0.29, 0.717) is 5.52 Å². The molecular weight excluding hydrogens is 357 g/mol. The smallest absolute Gasteiger partial charge is 0.472 e. The van der Waals surface area contributed by atoms with E-state index >= 15 is 0 Å². The Hall–Kier alpha value is -1.82. The number of ether oxygens (including phenoxy) is 2. The maximum atomic E-state index is 11.7. The molecule has 2 saturated heterocycles. The van der Waals surface area contributed by atoms with E-state index in [2.05, 4.69) is 15.0 Å². The lowest BCUT2D eigenvalue weighted by Gasteiger charge is -2.33. The number of phosphoric acid groups is 1. The number of rotatable bonds is 2. The maximum Gasteiger partial charge on any atom is 0.472 e. The Balaban J connectivity index is 1.79. The van der Waals surface area contributed by atoms with Gasteiger partial charge < -0.3 is 25.2 Å². The highest BCUT2D eigenvalue weighted by molar-refractivity contribution is 7.47. The largest absolute Gasteiger partial charge is 0.479 e. The van der Waals surface area contributed by atoms with Crippen LogP contribution in [0, 0.1) is 0 Å². The van der Waals surface area contributed by atoms with Crippen LogP contribution in [0.4, 0.5) is 5.95 Å². The van der Waals surface area contributed by atoms with Crippen molar-refractivity contribution in [3.63, 3.8) is 0 Å². The van der Waals surface area contributed by atoms with Crippen LogP contribution in [0.2, 0.25) is 0 Å². The molecule has 2 aliphatic heterocycles. The van der Waals surface area contributed by atoms with Gasteiger partial charge in [0.05, 0.1) is 20.0 Å². The Kier molecular flexibility index (Phi) is 3.55. The summed E-state index contributed by atoms with van der Waals surface area (Å²) in [7, 11) is -2.82. The molecule has 12 nitrogen and oxygen atoms in total. The molecule has 0 spiro atoms. The number of fused-ring (bicyclic) bond motifs is 2. The third-order valence-corrected chi connectivity index (χ3v) is 5.19. The fraction of sp³-hybridized carbons (Fsp3) is 0.583. The molecule has 0 aromatic carbocycles. The van der Waals surface area contributed by atoms with Crippen LogP contribution in [-0.2, 0) is 18.3 Å². The Bertz CT molecular complexity index is 886. The summed E-state index contributed by atoms with van der Waals surface area (Å²) in [4.78, 5) is 21.8. The molecule has 4 N–H and O–H groups in total. The van der Waals surface area contributed by atoms with Gasteiger partial charge in [-0.1, -0.05) is 0 Å². The van der Waals surface area contributed by atoms with Gasteiger partial charge in [0.15, 0.2) is 17.4 Å². The summed E-state index contributed by atoms with van der Waals surface area (Å²) in [6, 6.07) is 0. The summed E-state index contributed by atoms with van der Waals surface area (Å²) >= 11 is 0. The molecule has 25 heavy (non-hydrogen) atoms. The van der Waals surface area contributed by atoms with Gasteiger partial charge in [-0.05, 0) is 6.92 Å². The molecule has 2 aromatic rings. The quantitative estimate of drug-likeness (QED) is 0.586. The van der Waals surface area contributed by atoms with E-state index in [4.69, 9.17) is 24.3 Å². The van der Waals surface area contributed by atoms with Crippen molar-refractivity contribution < 1.29 is 33.1 Å². The minimum absolute atomic E-state index is 0.0411. The van der Waals surface area contributed by atoms with Crippen molar-refractivity contribution in [2.45, 2.75) is 31.0 Å². The highest BCUT2D eigenvalue weighted by atomic mass is 31.2. The van der Waals surface area contributed by atoms with Crippen molar-refractivity contribution in [2.75, 3.05) is 19.5 Å². The highest BCUT2D eigenvalue weighted by Gasteiger charge is 2.59. The first-order valence-corrected chi connectivity index (χ1v) is 8.80. The molecule has 2 aromatic heterocycles. The lowest BCUT2D eigenvalue weighted by atomic mass is 9.96. The summed E-state index contributed by atoms with van der Waals surface area (Å²) in [5.74, 6) is 0.136. The first-order valence-electron chi connectivity index (χ1n) is 7.30. The van der Waals surface area contributed by atoms with Gasteiger partial charge in [0.1, 0.15) is 17.8 Å². The van der Waals surface area contributed by atoms with Gasteiger partial charge in [-0.15, -0.1) is 0 Å². The lowest BCUT2D eigenvalue weighted by Crippen LogP contribution is -2.47. The zero-order valence-electron chi connectivity index (χ0n) is 13.3. The van der Waals surface area contributed by atoms with Gasteiger partial charge in [0.25, 0.3) is 0 Å². The van der Waals surface area contributed by atoms with Gasteiger partial charge in [0, 0.05) is 0 Å². The molecule has 0 bridgehead atoms. The Labute approximate surface area is 141 Å². The number of nitrogen functional groups attached to an aromatic ring is 1. The lowest BCUT2D eigenvalue weighted by molar-refractivity contribution is -0.0900. The molecule has 4 rings (SSSR count). The number of imidazole rings is 1. The van der Waals surface area contributed by atoms with E-state index in [1.54, 1.807) is 0 Å². The highest BCUT2D eigenvalue weighted by Crippen LogP contribution is 2.55. The number of hydrogen-bond acceptors (Lipinski definition) is 10. The summed E-state index contributed by atoms with van der Waals surface area (Å²) in [5.41, 5.74) is 4.64. The molecule has 0 aliphatic carbocycles. The van der Waals surface area contributed by atoms with Crippen LogP contribution in [0.1, 0.15) is 13.2 Å². The van der Waals surface area contributed by atoms with Gasteiger partial charge in [-0.3, -0.25) is 13.6 Å². The molecule has 0 saturated carbocycles. The van der Waals surface area contributed by atoms with Gasteiger partial charge in [-0.25, -0.2) is 9.55 Å². The normalized spacial score (nSPS) is 38.0. The maximum absolute atomic E-state index is 11.7. The summed E-state index contributed by atoms with van der Waals surface area (Å²) < 4.78 is 33.8. The number of aliphatic hydroxyl groups is 1. The van der Waals surface area contributed by atoms with Crippen LogP contribution >= 0.6 is 7.82 Å².